The van der Waals surface area contributed by atoms with Crippen LogP contribution in [0.5, 0.6) is 0 Å². The Hall–Kier alpha value is -2.81. The number of carbonyl (C=O) groups excluding carboxylic acids is 1. The number of aromatic nitrogens is 3. The molecule has 2 atom stereocenters. The zero-order valence-corrected chi connectivity index (χ0v) is 19.2. The quantitative estimate of drug-likeness (QED) is 0.466. The Morgan fingerprint density at radius 1 is 1.15 bits per heavy atom. The van der Waals surface area contributed by atoms with Crippen molar-refractivity contribution in [3.05, 3.63) is 52.9 Å². The zero-order valence-electron chi connectivity index (χ0n) is 18.4. The topological polar surface area (TPSA) is 71.8 Å². The molecule has 0 radical (unpaired) electrons. The second kappa shape index (κ2) is 9.09. The predicted octanol–water partition coefficient (Wildman–Crippen LogP) is 5.67. The van der Waals surface area contributed by atoms with Gasteiger partial charge in [-0.3, -0.25) is 9.48 Å². The van der Waals surface area contributed by atoms with E-state index in [1.807, 2.05) is 4.68 Å². The van der Waals surface area contributed by atoms with Crippen molar-refractivity contribution in [1.82, 2.24) is 20.1 Å². The third kappa shape index (κ3) is 5.29. The highest BCUT2D eigenvalue weighted by Gasteiger charge is 2.34. The highest BCUT2D eigenvalue weighted by Crippen LogP contribution is 2.35. The summed E-state index contributed by atoms with van der Waals surface area (Å²) in [5, 5.41) is 11.6. The van der Waals surface area contributed by atoms with E-state index in [2.05, 4.69) is 20.7 Å². The Kier molecular flexibility index (Phi) is 6.14. The molecule has 2 aliphatic carbocycles. The van der Waals surface area contributed by atoms with Gasteiger partial charge in [-0.05, 0) is 68.7 Å². The van der Waals surface area contributed by atoms with Crippen LogP contribution in [0.2, 0.25) is 5.02 Å². The van der Waals surface area contributed by atoms with Gasteiger partial charge < -0.3 is 10.6 Å². The van der Waals surface area contributed by atoms with Gasteiger partial charge in [0, 0.05) is 40.9 Å². The van der Waals surface area contributed by atoms with E-state index in [-0.39, 0.29) is 23.5 Å². The van der Waals surface area contributed by atoms with Crippen LogP contribution in [0.25, 0.3) is 10.9 Å². The van der Waals surface area contributed by atoms with Gasteiger partial charge in [-0.1, -0.05) is 11.6 Å². The standard InChI is InChI=1S/C24H25ClF3N5O/c25-16-6-7-20-19(8-16)21(10-22(32-20)24(26,27)28)30-17-2-1-3-18(9-17)31-23(34)15-11-29-33(13-15)12-14-4-5-14/h6-8,10-11,13-14,17-18H,1-5,9,12H2,(H,30,32)(H,31,34)/t17-,18+/m0/s1. The van der Waals surface area contributed by atoms with E-state index < -0.39 is 11.9 Å². The lowest BCUT2D eigenvalue weighted by molar-refractivity contribution is -0.140. The van der Waals surface area contributed by atoms with E-state index in [9.17, 15) is 18.0 Å². The monoisotopic (exact) mass is 491 g/mol. The maximum atomic E-state index is 13.4. The Bertz CT molecular complexity index is 1210. The molecule has 2 aliphatic rings. The van der Waals surface area contributed by atoms with E-state index in [4.69, 9.17) is 11.6 Å². The van der Waals surface area contributed by atoms with Crippen LogP contribution in [0.1, 0.15) is 54.6 Å². The van der Waals surface area contributed by atoms with Crippen molar-refractivity contribution < 1.29 is 18.0 Å². The maximum Gasteiger partial charge on any atom is 0.433 e. The smallest absolute Gasteiger partial charge is 0.382 e. The molecule has 0 unspecified atom stereocenters. The molecule has 2 fully saturated rings. The molecule has 1 aromatic carbocycles. The van der Waals surface area contributed by atoms with Gasteiger partial charge in [0.25, 0.3) is 5.91 Å². The van der Waals surface area contributed by atoms with Crippen molar-refractivity contribution in [3.8, 4) is 0 Å². The Labute approximate surface area is 199 Å². The summed E-state index contributed by atoms with van der Waals surface area (Å²) in [7, 11) is 0. The molecule has 3 aromatic rings. The van der Waals surface area contributed by atoms with Gasteiger partial charge in [-0.15, -0.1) is 0 Å². The lowest BCUT2D eigenvalue weighted by Gasteiger charge is -2.31. The number of nitrogens with one attached hydrogen (secondary N) is 2. The average molecular weight is 492 g/mol. The lowest BCUT2D eigenvalue weighted by Crippen LogP contribution is -2.41. The van der Waals surface area contributed by atoms with Crippen LogP contribution in [0.3, 0.4) is 0 Å². The number of nitrogens with zero attached hydrogens (tertiary/aromatic N) is 3. The van der Waals surface area contributed by atoms with Crippen LogP contribution in [0, 0.1) is 5.92 Å². The third-order valence-corrected chi connectivity index (χ3v) is 6.70. The minimum Gasteiger partial charge on any atom is -0.382 e. The number of rotatable bonds is 6. The molecule has 34 heavy (non-hydrogen) atoms. The molecule has 180 valence electrons. The number of hydrogen-bond acceptors (Lipinski definition) is 4. The molecule has 5 rings (SSSR count). The molecule has 0 spiro atoms. The SMILES string of the molecule is O=C(N[C@@H]1CCC[C@H](Nc2cc(C(F)(F)F)nc3ccc(Cl)cc23)C1)c1cnn(CC2CC2)c1. The molecule has 6 nitrogen and oxygen atoms in total. The number of anilines is 1. The normalized spacial score (nSPS) is 20.9. The molecule has 2 N–H and O–H groups in total. The van der Waals surface area contributed by atoms with Crippen LogP contribution in [-0.2, 0) is 12.7 Å². The van der Waals surface area contributed by atoms with Crippen LogP contribution < -0.4 is 10.6 Å². The van der Waals surface area contributed by atoms with Gasteiger partial charge in [0.2, 0.25) is 0 Å². The number of pyridine rings is 1. The van der Waals surface area contributed by atoms with Crippen molar-refractivity contribution in [3.63, 3.8) is 0 Å². The first-order chi connectivity index (χ1) is 16.2. The molecule has 2 aromatic heterocycles. The first-order valence-corrected chi connectivity index (χ1v) is 11.9. The van der Waals surface area contributed by atoms with Gasteiger partial charge >= 0.3 is 6.18 Å². The van der Waals surface area contributed by atoms with E-state index >= 15 is 0 Å². The lowest BCUT2D eigenvalue weighted by atomic mass is 9.90. The van der Waals surface area contributed by atoms with Crippen molar-refractivity contribution in [2.45, 2.75) is 63.3 Å². The number of amides is 1. The fourth-order valence-electron chi connectivity index (χ4n) is 4.55. The largest absolute Gasteiger partial charge is 0.433 e. The molecule has 2 heterocycles. The van der Waals surface area contributed by atoms with Gasteiger partial charge in [0.05, 0.1) is 17.3 Å². The number of benzene rings is 1. The third-order valence-electron chi connectivity index (χ3n) is 6.47. The molecular formula is C24H25ClF3N5O. The summed E-state index contributed by atoms with van der Waals surface area (Å²) in [5.41, 5.74) is 0.151. The van der Waals surface area contributed by atoms with Gasteiger partial charge in [0.1, 0.15) is 5.69 Å². The molecule has 10 heteroatoms. The van der Waals surface area contributed by atoms with Gasteiger partial charge in [0.15, 0.2) is 0 Å². The summed E-state index contributed by atoms with van der Waals surface area (Å²) in [4.78, 5) is 16.5. The minimum absolute atomic E-state index is 0.0793. The number of alkyl halides is 3. The van der Waals surface area contributed by atoms with Crippen molar-refractivity contribution in [2.75, 3.05) is 5.32 Å². The summed E-state index contributed by atoms with van der Waals surface area (Å²) in [5.74, 6) is 0.492. The van der Waals surface area contributed by atoms with Crippen molar-refractivity contribution >= 4 is 34.1 Å². The van der Waals surface area contributed by atoms with E-state index in [0.717, 1.165) is 31.9 Å². The van der Waals surface area contributed by atoms with Crippen LogP contribution in [0.15, 0.2) is 36.7 Å². The summed E-state index contributed by atoms with van der Waals surface area (Å²) in [6.07, 6.45) is 4.28. The number of halogens is 4. The van der Waals surface area contributed by atoms with Crippen LogP contribution >= 0.6 is 11.6 Å². The first-order valence-electron chi connectivity index (χ1n) is 11.5. The molecule has 1 amide bonds. The summed E-state index contributed by atoms with van der Waals surface area (Å²) < 4.78 is 42.1. The first kappa shape index (κ1) is 23.0. The fourth-order valence-corrected chi connectivity index (χ4v) is 4.72. The van der Waals surface area contributed by atoms with Crippen LogP contribution in [-0.4, -0.2) is 32.8 Å². The predicted molar refractivity (Wildman–Crippen MR) is 124 cm³/mol. The van der Waals surface area contributed by atoms with E-state index in [1.54, 1.807) is 18.5 Å². The van der Waals surface area contributed by atoms with Gasteiger partial charge in [-0.2, -0.15) is 18.3 Å². The number of hydrogen-bond donors (Lipinski definition) is 2. The van der Waals surface area contributed by atoms with Crippen molar-refractivity contribution in [1.29, 1.82) is 0 Å². The molecule has 0 aliphatic heterocycles. The number of fused-ring (bicyclic) bond motifs is 1. The molecule has 0 bridgehead atoms. The summed E-state index contributed by atoms with van der Waals surface area (Å²) in [6.45, 7) is 0.840. The summed E-state index contributed by atoms with van der Waals surface area (Å²) >= 11 is 6.10. The van der Waals surface area contributed by atoms with Crippen molar-refractivity contribution in [2.24, 2.45) is 5.92 Å². The highest BCUT2D eigenvalue weighted by atomic mass is 35.5. The molecule has 2 saturated carbocycles. The fraction of sp³-hybridized carbons (Fsp3) is 0.458. The second-order valence-corrected chi connectivity index (χ2v) is 9.72. The zero-order chi connectivity index (χ0) is 23.9. The highest BCUT2D eigenvalue weighted by molar-refractivity contribution is 6.31. The number of carbonyl (C=O) groups is 1. The minimum atomic E-state index is -4.56. The Morgan fingerprint density at radius 3 is 2.71 bits per heavy atom. The molecular weight excluding hydrogens is 467 g/mol. The maximum absolute atomic E-state index is 13.4. The Balaban J connectivity index is 1.29. The average Bonchev–Trinajstić information content (AvgIpc) is 3.47. The van der Waals surface area contributed by atoms with Crippen LogP contribution in [0.4, 0.5) is 18.9 Å². The van der Waals surface area contributed by atoms with Gasteiger partial charge in [-0.25, -0.2) is 4.98 Å². The second-order valence-electron chi connectivity index (χ2n) is 9.29. The Morgan fingerprint density at radius 2 is 1.94 bits per heavy atom. The van der Waals surface area contributed by atoms with E-state index in [0.29, 0.717) is 34.0 Å². The summed E-state index contributed by atoms with van der Waals surface area (Å²) in [6, 6.07) is 5.50. The van der Waals surface area contributed by atoms with E-state index in [1.165, 1.54) is 25.0 Å². The molecule has 0 saturated heterocycles.